The summed E-state index contributed by atoms with van der Waals surface area (Å²) < 4.78 is 0. The highest BCUT2D eigenvalue weighted by molar-refractivity contribution is 5.57. The minimum atomic E-state index is 0.725. The monoisotopic (exact) mass is 212 g/mol. The van der Waals surface area contributed by atoms with Gasteiger partial charge in [-0.05, 0) is 37.8 Å². The lowest BCUT2D eigenvalue weighted by Gasteiger charge is -2.08. The number of hydrogen-bond acceptors (Lipinski definition) is 2. The van der Waals surface area contributed by atoms with Crippen molar-refractivity contribution in [2.45, 2.75) is 25.7 Å². The van der Waals surface area contributed by atoms with Crippen LogP contribution in [0.2, 0.25) is 0 Å². The number of rotatable bonds is 4. The van der Waals surface area contributed by atoms with E-state index in [9.17, 15) is 0 Å². The predicted molar refractivity (Wildman–Crippen MR) is 66.2 cm³/mol. The van der Waals surface area contributed by atoms with E-state index in [1.54, 1.807) is 5.57 Å². The molecule has 0 aliphatic heterocycles. The standard InChI is InChI=1S/C14H16N2/c15-11-13-7-3-4-8-14(13)16-10-9-12-5-1-2-6-12/h3-5,7-8,16H,1-2,6,9-10H2. The van der Waals surface area contributed by atoms with Crippen molar-refractivity contribution < 1.29 is 0 Å². The van der Waals surface area contributed by atoms with Crippen molar-refractivity contribution in [2.24, 2.45) is 0 Å². The van der Waals surface area contributed by atoms with Gasteiger partial charge in [0.05, 0.1) is 11.3 Å². The second kappa shape index (κ2) is 5.37. The molecule has 1 aromatic carbocycles. The summed E-state index contributed by atoms with van der Waals surface area (Å²) in [5, 5.41) is 12.3. The number of nitrogens with one attached hydrogen (secondary N) is 1. The SMILES string of the molecule is N#Cc1ccccc1NCCC1=CCCC1. The third-order valence-corrected chi connectivity index (χ3v) is 2.94. The maximum Gasteiger partial charge on any atom is 0.101 e. The molecule has 1 aromatic rings. The summed E-state index contributed by atoms with van der Waals surface area (Å²) in [6, 6.07) is 9.85. The number of benzene rings is 1. The van der Waals surface area contributed by atoms with Gasteiger partial charge in [-0.25, -0.2) is 0 Å². The summed E-state index contributed by atoms with van der Waals surface area (Å²) in [4.78, 5) is 0. The van der Waals surface area contributed by atoms with Crippen molar-refractivity contribution in [2.75, 3.05) is 11.9 Å². The van der Waals surface area contributed by atoms with Crippen LogP contribution in [-0.4, -0.2) is 6.54 Å². The number of nitrogens with zero attached hydrogens (tertiary/aromatic N) is 1. The summed E-state index contributed by atoms with van der Waals surface area (Å²) in [7, 11) is 0. The van der Waals surface area contributed by atoms with Crippen LogP contribution in [0.5, 0.6) is 0 Å². The number of nitriles is 1. The molecule has 0 saturated heterocycles. The zero-order valence-corrected chi connectivity index (χ0v) is 9.37. The van der Waals surface area contributed by atoms with E-state index in [1.165, 1.54) is 19.3 Å². The smallest absolute Gasteiger partial charge is 0.101 e. The van der Waals surface area contributed by atoms with Gasteiger partial charge in [0.1, 0.15) is 6.07 Å². The van der Waals surface area contributed by atoms with Gasteiger partial charge in [0, 0.05) is 6.54 Å². The normalized spacial score (nSPS) is 14.3. The third-order valence-electron chi connectivity index (χ3n) is 2.94. The molecular formula is C14H16N2. The van der Waals surface area contributed by atoms with Crippen molar-refractivity contribution in [1.82, 2.24) is 0 Å². The number of hydrogen-bond donors (Lipinski definition) is 1. The highest BCUT2D eigenvalue weighted by Gasteiger charge is 2.04. The van der Waals surface area contributed by atoms with Crippen molar-refractivity contribution in [3.8, 4) is 6.07 Å². The summed E-state index contributed by atoms with van der Waals surface area (Å²) in [5.74, 6) is 0. The van der Waals surface area contributed by atoms with Crippen LogP contribution in [0.15, 0.2) is 35.9 Å². The minimum Gasteiger partial charge on any atom is -0.384 e. The summed E-state index contributed by atoms with van der Waals surface area (Å²) in [6.45, 7) is 0.921. The van der Waals surface area contributed by atoms with Crippen LogP contribution in [0.1, 0.15) is 31.2 Å². The van der Waals surface area contributed by atoms with E-state index in [-0.39, 0.29) is 0 Å². The average Bonchev–Trinajstić information content (AvgIpc) is 2.83. The fourth-order valence-corrected chi connectivity index (χ4v) is 2.06. The van der Waals surface area contributed by atoms with Gasteiger partial charge in [-0.2, -0.15) is 5.26 Å². The number of anilines is 1. The highest BCUT2D eigenvalue weighted by Crippen LogP contribution is 2.21. The van der Waals surface area contributed by atoms with Gasteiger partial charge in [-0.15, -0.1) is 0 Å². The Morgan fingerprint density at radius 3 is 2.94 bits per heavy atom. The minimum absolute atomic E-state index is 0.725. The van der Waals surface area contributed by atoms with E-state index in [2.05, 4.69) is 17.5 Å². The summed E-state index contributed by atoms with van der Waals surface area (Å²) in [5.41, 5.74) is 3.23. The first-order valence-electron chi connectivity index (χ1n) is 5.81. The first-order valence-corrected chi connectivity index (χ1v) is 5.81. The fourth-order valence-electron chi connectivity index (χ4n) is 2.06. The zero-order valence-electron chi connectivity index (χ0n) is 9.37. The molecule has 2 rings (SSSR count). The van der Waals surface area contributed by atoms with Crippen LogP contribution in [-0.2, 0) is 0 Å². The third kappa shape index (κ3) is 2.64. The quantitative estimate of drug-likeness (QED) is 0.776. The van der Waals surface area contributed by atoms with E-state index in [4.69, 9.17) is 5.26 Å². The van der Waals surface area contributed by atoms with Gasteiger partial charge < -0.3 is 5.32 Å². The molecule has 0 bridgehead atoms. The molecule has 2 nitrogen and oxygen atoms in total. The van der Waals surface area contributed by atoms with Gasteiger partial charge in [0.25, 0.3) is 0 Å². The summed E-state index contributed by atoms with van der Waals surface area (Å²) >= 11 is 0. The lowest BCUT2D eigenvalue weighted by atomic mass is 10.1. The molecule has 0 heterocycles. The lowest BCUT2D eigenvalue weighted by Crippen LogP contribution is -2.03. The van der Waals surface area contributed by atoms with E-state index in [0.717, 1.165) is 24.2 Å². The Morgan fingerprint density at radius 1 is 1.31 bits per heavy atom. The molecule has 2 heteroatoms. The molecule has 82 valence electrons. The molecule has 0 spiro atoms. The molecule has 0 amide bonds. The lowest BCUT2D eigenvalue weighted by molar-refractivity contribution is 0.863. The molecule has 0 fully saturated rings. The van der Waals surface area contributed by atoms with E-state index >= 15 is 0 Å². The molecule has 0 saturated carbocycles. The van der Waals surface area contributed by atoms with Crippen molar-refractivity contribution in [1.29, 1.82) is 5.26 Å². The van der Waals surface area contributed by atoms with Gasteiger partial charge in [0.2, 0.25) is 0 Å². The van der Waals surface area contributed by atoms with Crippen LogP contribution < -0.4 is 5.32 Å². The second-order valence-corrected chi connectivity index (χ2v) is 4.09. The summed E-state index contributed by atoms with van der Waals surface area (Å²) in [6.07, 6.45) is 7.24. The Bertz CT molecular complexity index is 427. The first-order chi connectivity index (χ1) is 7.90. The first kappa shape index (κ1) is 10.8. The predicted octanol–water partition coefficient (Wildman–Crippen LogP) is 3.47. The van der Waals surface area contributed by atoms with E-state index < -0.39 is 0 Å². The Morgan fingerprint density at radius 2 is 2.19 bits per heavy atom. The molecule has 0 aromatic heterocycles. The van der Waals surface area contributed by atoms with Crippen LogP contribution >= 0.6 is 0 Å². The fraction of sp³-hybridized carbons (Fsp3) is 0.357. The second-order valence-electron chi connectivity index (χ2n) is 4.09. The average molecular weight is 212 g/mol. The molecule has 16 heavy (non-hydrogen) atoms. The Kier molecular flexibility index (Phi) is 3.61. The number of allylic oxidation sites excluding steroid dienone is 1. The molecular weight excluding hydrogens is 196 g/mol. The van der Waals surface area contributed by atoms with Crippen molar-refractivity contribution in [3.05, 3.63) is 41.5 Å². The van der Waals surface area contributed by atoms with Crippen molar-refractivity contribution in [3.63, 3.8) is 0 Å². The van der Waals surface area contributed by atoms with Crippen LogP contribution in [0, 0.1) is 11.3 Å². The van der Waals surface area contributed by atoms with E-state index in [0.29, 0.717) is 0 Å². The zero-order chi connectivity index (χ0) is 11.2. The molecule has 0 atom stereocenters. The largest absolute Gasteiger partial charge is 0.384 e. The molecule has 1 aliphatic rings. The topological polar surface area (TPSA) is 35.8 Å². The molecule has 1 aliphatic carbocycles. The molecule has 1 N–H and O–H groups in total. The van der Waals surface area contributed by atoms with Gasteiger partial charge in [-0.1, -0.05) is 23.8 Å². The molecule has 0 radical (unpaired) electrons. The van der Waals surface area contributed by atoms with E-state index in [1.807, 2.05) is 24.3 Å². The van der Waals surface area contributed by atoms with Gasteiger partial charge >= 0.3 is 0 Å². The van der Waals surface area contributed by atoms with Crippen LogP contribution in [0.25, 0.3) is 0 Å². The highest BCUT2D eigenvalue weighted by atomic mass is 14.9. The maximum absolute atomic E-state index is 8.93. The molecule has 0 unspecified atom stereocenters. The number of para-hydroxylation sites is 1. The van der Waals surface area contributed by atoms with Gasteiger partial charge in [-0.3, -0.25) is 0 Å². The Hall–Kier alpha value is -1.75. The Balaban J connectivity index is 1.87. The van der Waals surface area contributed by atoms with Crippen LogP contribution in [0.4, 0.5) is 5.69 Å². The maximum atomic E-state index is 8.93. The Labute approximate surface area is 96.6 Å². The van der Waals surface area contributed by atoms with Gasteiger partial charge in [0.15, 0.2) is 0 Å². The van der Waals surface area contributed by atoms with Crippen molar-refractivity contribution >= 4 is 5.69 Å². The van der Waals surface area contributed by atoms with Crippen LogP contribution in [0.3, 0.4) is 0 Å².